The van der Waals surface area contributed by atoms with Gasteiger partial charge in [0.05, 0.1) is 0 Å². The van der Waals surface area contributed by atoms with Crippen LogP contribution in [0.15, 0.2) is 54.1 Å². The Labute approximate surface area is 169 Å². The summed E-state index contributed by atoms with van der Waals surface area (Å²) in [6.45, 7) is -0.183. The molecule has 2 aromatic carbocycles. The van der Waals surface area contributed by atoms with Gasteiger partial charge in [-0.15, -0.1) is 0 Å². The van der Waals surface area contributed by atoms with Crippen LogP contribution in [0.25, 0.3) is 6.08 Å². The third-order valence-electron chi connectivity index (χ3n) is 3.80. The van der Waals surface area contributed by atoms with Gasteiger partial charge in [-0.1, -0.05) is 35.9 Å². The summed E-state index contributed by atoms with van der Waals surface area (Å²) in [6.07, 6.45) is 1.42. The normalized spacial score (nSPS) is 10.7. The number of halogens is 1. The standard InChI is InChI=1S/C21H20ClN3O3/c1-25(2)19-9-5-15(6-10-19)11-17(12-23)21(27)28-14-20(26)24-13-16-3-7-18(22)8-4-16/h3-11H,13-14H2,1-2H3,(H,24,26)/b17-11+. The molecule has 1 amide bonds. The Kier molecular flexibility index (Phi) is 7.61. The zero-order valence-corrected chi connectivity index (χ0v) is 16.4. The van der Waals surface area contributed by atoms with Crippen LogP contribution >= 0.6 is 11.6 Å². The van der Waals surface area contributed by atoms with Crippen molar-refractivity contribution in [1.82, 2.24) is 5.32 Å². The molecule has 0 fully saturated rings. The smallest absolute Gasteiger partial charge is 0.349 e. The molecule has 28 heavy (non-hydrogen) atoms. The van der Waals surface area contributed by atoms with Crippen molar-refractivity contribution in [1.29, 1.82) is 5.26 Å². The molecule has 144 valence electrons. The zero-order chi connectivity index (χ0) is 20.5. The van der Waals surface area contributed by atoms with Gasteiger partial charge >= 0.3 is 5.97 Å². The van der Waals surface area contributed by atoms with E-state index in [1.165, 1.54) is 6.08 Å². The number of rotatable bonds is 7. The highest BCUT2D eigenvalue weighted by Crippen LogP contribution is 2.15. The van der Waals surface area contributed by atoms with Crippen LogP contribution in [0.4, 0.5) is 5.69 Å². The molecule has 0 unspecified atom stereocenters. The largest absolute Gasteiger partial charge is 0.451 e. The quantitative estimate of drug-likeness (QED) is 0.441. The average Bonchev–Trinajstić information content (AvgIpc) is 2.70. The molecule has 0 saturated heterocycles. The van der Waals surface area contributed by atoms with Gasteiger partial charge in [0.2, 0.25) is 0 Å². The van der Waals surface area contributed by atoms with Crippen molar-refractivity contribution in [2.45, 2.75) is 6.54 Å². The van der Waals surface area contributed by atoms with Crippen LogP contribution in [-0.4, -0.2) is 32.6 Å². The maximum Gasteiger partial charge on any atom is 0.349 e. The number of esters is 1. The Morgan fingerprint density at radius 1 is 1.14 bits per heavy atom. The molecule has 0 saturated carbocycles. The predicted molar refractivity (Wildman–Crippen MR) is 109 cm³/mol. The number of anilines is 1. The number of hydrogen-bond acceptors (Lipinski definition) is 5. The first-order valence-corrected chi connectivity index (χ1v) is 8.84. The highest BCUT2D eigenvalue weighted by molar-refractivity contribution is 6.30. The number of hydrogen-bond donors (Lipinski definition) is 1. The number of nitrogens with zero attached hydrogens (tertiary/aromatic N) is 2. The molecule has 0 spiro atoms. The number of ether oxygens (including phenoxy) is 1. The molecular weight excluding hydrogens is 378 g/mol. The van der Waals surface area contributed by atoms with Crippen LogP contribution < -0.4 is 10.2 Å². The molecule has 0 radical (unpaired) electrons. The molecule has 0 aliphatic heterocycles. The summed E-state index contributed by atoms with van der Waals surface area (Å²) in [7, 11) is 3.84. The summed E-state index contributed by atoms with van der Waals surface area (Å²) in [5.41, 5.74) is 2.37. The van der Waals surface area contributed by atoms with E-state index in [1.807, 2.05) is 31.1 Å². The van der Waals surface area contributed by atoms with Crippen molar-refractivity contribution in [2.24, 2.45) is 0 Å². The Morgan fingerprint density at radius 3 is 2.36 bits per heavy atom. The highest BCUT2D eigenvalue weighted by atomic mass is 35.5. The van der Waals surface area contributed by atoms with E-state index in [4.69, 9.17) is 16.3 Å². The Balaban J connectivity index is 1.88. The molecule has 0 aromatic heterocycles. The minimum absolute atomic E-state index is 0.178. The first kappa shape index (κ1) is 21.0. The lowest BCUT2D eigenvalue weighted by Crippen LogP contribution is -2.28. The van der Waals surface area contributed by atoms with Crippen LogP contribution in [0, 0.1) is 11.3 Å². The molecule has 2 aromatic rings. The van der Waals surface area contributed by atoms with E-state index >= 15 is 0 Å². The Morgan fingerprint density at radius 2 is 1.79 bits per heavy atom. The van der Waals surface area contributed by atoms with Crippen molar-refractivity contribution in [3.05, 3.63) is 70.3 Å². The van der Waals surface area contributed by atoms with Gasteiger partial charge in [-0.3, -0.25) is 4.79 Å². The van der Waals surface area contributed by atoms with Crippen LogP contribution in [0.1, 0.15) is 11.1 Å². The van der Waals surface area contributed by atoms with E-state index < -0.39 is 18.5 Å². The average molecular weight is 398 g/mol. The number of nitrogens with one attached hydrogen (secondary N) is 1. The molecule has 6 nitrogen and oxygen atoms in total. The van der Waals surface area contributed by atoms with Crippen molar-refractivity contribution >= 4 is 35.2 Å². The lowest BCUT2D eigenvalue weighted by Gasteiger charge is -2.11. The predicted octanol–water partition coefficient (Wildman–Crippen LogP) is 3.17. The first-order chi connectivity index (χ1) is 13.4. The van der Waals surface area contributed by atoms with E-state index in [1.54, 1.807) is 42.5 Å². The van der Waals surface area contributed by atoms with Gasteiger partial charge in [-0.05, 0) is 41.5 Å². The van der Waals surface area contributed by atoms with E-state index in [0.717, 1.165) is 11.3 Å². The lowest BCUT2D eigenvalue weighted by molar-refractivity contribution is -0.144. The fourth-order valence-electron chi connectivity index (χ4n) is 2.23. The Bertz CT molecular complexity index is 898. The van der Waals surface area contributed by atoms with E-state index in [9.17, 15) is 14.9 Å². The number of carbonyl (C=O) groups excluding carboxylic acids is 2. The zero-order valence-electron chi connectivity index (χ0n) is 15.6. The molecular formula is C21H20ClN3O3. The summed E-state index contributed by atoms with van der Waals surface area (Å²) in [5.74, 6) is -1.31. The topological polar surface area (TPSA) is 82.4 Å². The van der Waals surface area contributed by atoms with Crippen molar-refractivity contribution in [2.75, 3.05) is 25.6 Å². The third-order valence-corrected chi connectivity index (χ3v) is 4.05. The van der Waals surface area contributed by atoms with Crippen LogP contribution in [0.5, 0.6) is 0 Å². The highest BCUT2D eigenvalue weighted by Gasteiger charge is 2.13. The molecule has 7 heteroatoms. The fraction of sp³-hybridized carbons (Fsp3) is 0.190. The second-order valence-electron chi connectivity index (χ2n) is 6.14. The van der Waals surface area contributed by atoms with E-state index in [-0.39, 0.29) is 12.1 Å². The van der Waals surface area contributed by atoms with Crippen molar-refractivity contribution in [3.8, 4) is 6.07 Å². The maximum atomic E-state index is 12.1. The first-order valence-electron chi connectivity index (χ1n) is 8.46. The van der Waals surface area contributed by atoms with Gasteiger partial charge in [-0.2, -0.15) is 5.26 Å². The molecule has 0 atom stereocenters. The second kappa shape index (κ2) is 10.1. The molecule has 2 rings (SSSR count). The molecule has 0 aliphatic rings. The lowest BCUT2D eigenvalue weighted by atomic mass is 10.1. The molecule has 0 aliphatic carbocycles. The monoisotopic (exact) mass is 397 g/mol. The fourth-order valence-corrected chi connectivity index (χ4v) is 2.36. The number of carbonyl (C=O) groups is 2. The number of benzene rings is 2. The van der Waals surface area contributed by atoms with Crippen LogP contribution in [-0.2, 0) is 20.9 Å². The van der Waals surface area contributed by atoms with Gasteiger partial charge in [0.25, 0.3) is 5.91 Å². The van der Waals surface area contributed by atoms with Gasteiger partial charge in [0.15, 0.2) is 6.61 Å². The van der Waals surface area contributed by atoms with Crippen LogP contribution in [0.3, 0.4) is 0 Å². The minimum Gasteiger partial charge on any atom is -0.451 e. The van der Waals surface area contributed by atoms with Gasteiger partial charge in [0, 0.05) is 31.4 Å². The maximum absolute atomic E-state index is 12.1. The third kappa shape index (κ3) is 6.45. The number of amides is 1. The summed E-state index contributed by atoms with van der Waals surface area (Å²) >= 11 is 5.80. The van der Waals surface area contributed by atoms with E-state index in [2.05, 4.69) is 5.32 Å². The molecule has 0 heterocycles. The number of nitriles is 1. The summed E-state index contributed by atoms with van der Waals surface area (Å²) < 4.78 is 4.93. The second-order valence-corrected chi connectivity index (χ2v) is 6.57. The Hall–Kier alpha value is -3.30. The molecule has 1 N–H and O–H groups in total. The summed E-state index contributed by atoms with van der Waals surface area (Å²) in [6, 6.07) is 16.1. The summed E-state index contributed by atoms with van der Waals surface area (Å²) in [5, 5.41) is 12.4. The van der Waals surface area contributed by atoms with E-state index in [0.29, 0.717) is 10.6 Å². The minimum atomic E-state index is -0.846. The van der Waals surface area contributed by atoms with Gasteiger partial charge in [0.1, 0.15) is 11.6 Å². The van der Waals surface area contributed by atoms with Crippen LogP contribution in [0.2, 0.25) is 5.02 Å². The van der Waals surface area contributed by atoms with Gasteiger partial charge in [-0.25, -0.2) is 4.79 Å². The summed E-state index contributed by atoms with van der Waals surface area (Å²) in [4.78, 5) is 25.8. The SMILES string of the molecule is CN(C)c1ccc(/C=C(\C#N)C(=O)OCC(=O)NCc2ccc(Cl)cc2)cc1. The molecule has 0 bridgehead atoms. The van der Waals surface area contributed by atoms with Crippen molar-refractivity contribution < 1.29 is 14.3 Å². The van der Waals surface area contributed by atoms with Crippen molar-refractivity contribution in [3.63, 3.8) is 0 Å². The van der Waals surface area contributed by atoms with Gasteiger partial charge < -0.3 is 15.0 Å².